The number of nitrogens with two attached hydrogens (primary N) is 1. The van der Waals surface area contributed by atoms with Gasteiger partial charge >= 0.3 is 0 Å². The van der Waals surface area contributed by atoms with Crippen LogP contribution in [0.1, 0.15) is 26.3 Å². The summed E-state index contributed by atoms with van der Waals surface area (Å²) in [5.41, 5.74) is 8.22. The molecule has 1 aliphatic rings. The van der Waals surface area contributed by atoms with Crippen molar-refractivity contribution >= 4 is 32.9 Å². The molecule has 2 aromatic rings. The maximum atomic E-state index is 6.12. The molecule has 102 valence electrons. The minimum atomic E-state index is 0.0730. The molecule has 1 aromatic heterocycles. The van der Waals surface area contributed by atoms with Crippen molar-refractivity contribution in [1.82, 2.24) is 9.55 Å². The summed E-state index contributed by atoms with van der Waals surface area (Å²) >= 11 is 3.47. The van der Waals surface area contributed by atoms with Crippen molar-refractivity contribution in [2.75, 3.05) is 12.8 Å². The Labute approximate surface area is 121 Å². The van der Waals surface area contributed by atoms with Crippen molar-refractivity contribution in [2.45, 2.75) is 32.4 Å². The number of nitrogens with zero attached hydrogens (tertiary/aromatic N) is 2. The zero-order valence-corrected chi connectivity index (χ0v) is 12.9. The second-order valence-corrected chi connectivity index (χ2v) is 6.69. The molecule has 0 spiro atoms. The molecule has 0 bridgehead atoms. The van der Waals surface area contributed by atoms with Crippen molar-refractivity contribution < 1.29 is 4.74 Å². The van der Waals surface area contributed by atoms with Crippen molar-refractivity contribution in [3.05, 3.63) is 22.7 Å². The van der Waals surface area contributed by atoms with E-state index in [2.05, 4.69) is 45.4 Å². The first kappa shape index (κ1) is 12.9. The van der Waals surface area contributed by atoms with Crippen LogP contribution in [0.3, 0.4) is 0 Å². The number of benzene rings is 1. The molecular weight excluding hydrogens is 306 g/mol. The molecule has 2 N–H and O–H groups in total. The summed E-state index contributed by atoms with van der Waals surface area (Å²) in [6.45, 7) is 4.44. The first-order valence-electron chi connectivity index (χ1n) is 6.41. The molecule has 1 aromatic carbocycles. The minimum Gasteiger partial charge on any atom is -0.381 e. The quantitative estimate of drug-likeness (QED) is 0.921. The van der Waals surface area contributed by atoms with Crippen LogP contribution in [0.25, 0.3) is 11.0 Å². The van der Waals surface area contributed by atoms with E-state index in [0.29, 0.717) is 12.0 Å². The fourth-order valence-electron chi connectivity index (χ4n) is 3.12. The highest BCUT2D eigenvalue weighted by Crippen LogP contribution is 2.52. The van der Waals surface area contributed by atoms with E-state index < -0.39 is 0 Å². The molecule has 0 radical (unpaired) electrons. The van der Waals surface area contributed by atoms with Gasteiger partial charge in [-0.25, -0.2) is 4.98 Å². The Morgan fingerprint density at radius 3 is 2.84 bits per heavy atom. The van der Waals surface area contributed by atoms with Crippen molar-refractivity contribution in [3.63, 3.8) is 0 Å². The Morgan fingerprint density at radius 2 is 2.21 bits per heavy atom. The molecule has 3 rings (SSSR count). The van der Waals surface area contributed by atoms with Gasteiger partial charge in [0, 0.05) is 23.0 Å². The van der Waals surface area contributed by atoms with Crippen LogP contribution in [0.15, 0.2) is 22.7 Å². The summed E-state index contributed by atoms with van der Waals surface area (Å²) in [7, 11) is 1.77. The Morgan fingerprint density at radius 1 is 1.47 bits per heavy atom. The highest BCUT2D eigenvalue weighted by atomic mass is 79.9. The number of halogens is 1. The molecule has 2 atom stereocenters. The molecule has 4 nitrogen and oxygen atoms in total. The third-order valence-corrected chi connectivity index (χ3v) is 4.89. The van der Waals surface area contributed by atoms with Gasteiger partial charge in [0.15, 0.2) is 0 Å². The molecule has 0 saturated heterocycles. The van der Waals surface area contributed by atoms with Gasteiger partial charge in [0.05, 0.1) is 17.1 Å². The van der Waals surface area contributed by atoms with E-state index in [1.165, 1.54) is 0 Å². The second kappa shape index (κ2) is 4.21. The van der Waals surface area contributed by atoms with E-state index in [-0.39, 0.29) is 11.5 Å². The van der Waals surface area contributed by atoms with Crippen LogP contribution in [0.4, 0.5) is 5.95 Å². The summed E-state index contributed by atoms with van der Waals surface area (Å²) in [5.74, 6) is 0.584. The van der Waals surface area contributed by atoms with Crippen LogP contribution >= 0.6 is 15.9 Å². The smallest absolute Gasteiger partial charge is 0.201 e. The topological polar surface area (TPSA) is 53.1 Å². The largest absolute Gasteiger partial charge is 0.381 e. The van der Waals surface area contributed by atoms with Crippen LogP contribution in [0.2, 0.25) is 0 Å². The maximum Gasteiger partial charge on any atom is 0.201 e. The van der Waals surface area contributed by atoms with Gasteiger partial charge in [-0.15, -0.1) is 0 Å². The molecule has 1 aliphatic carbocycles. The van der Waals surface area contributed by atoms with E-state index >= 15 is 0 Å². The van der Waals surface area contributed by atoms with Gasteiger partial charge in [-0.2, -0.15) is 0 Å². The predicted octanol–water partition coefficient (Wildman–Crippen LogP) is 3.37. The van der Waals surface area contributed by atoms with E-state index in [1.54, 1.807) is 7.11 Å². The molecule has 5 heteroatoms. The molecule has 0 amide bonds. The lowest BCUT2D eigenvalue weighted by molar-refractivity contribution is -0.110. The number of rotatable bonds is 2. The average Bonchev–Trinajstić information content (AvgIpc) is 2.64. The zero-order valence-electron chi connectivity index (χ0n) is 11.4. The third-order valence-electron chi connectivity index (χ3n) is 4.40. The predicted molar refractivity (Wildman–Crippen MR) is 80.1 cm³/mol. The van der Waals surface area contributed by atoms with Gasteiger partial charge in [-0.05, 0) is 24.6 Å². The lowest BCUT2D eigenvalue weighted by Crippen LogP contribution is -2.51. The van der Waals surface area contributed by atoms with E-state index in [9.17, 15) is 0 Å². The zero-order chi connectivity index (χ0) is 13.8. The molecule has 1 saturated carbocycles. The van der Waals surface area contributed by atoms with Gasteiger partial charge in [0.2, 0.25) is 5.95 Å². The van der Waals surface area contributed by atoms with Gasteiger partial charge in [-0.3, -0.25) is 0 Å². The van der Waals surface area contributed by atoms with Crippen molar-refractivity contribution in [3.8, 4) is 0 Å². The molecular formula is C14H18BrN3O. The van der Waals surface area contributed by atoms with E-state index in [1.807, 2.05) is 12.1 Å². The summed E-state index contributed by atoms with van der Waals surface area (Å²) in [6, 6.07) is 6.43. The Kier molecular flexibility index (Phi) is 2.87. The Hall–Kier alpha value is -1.07. The summed E-state index contributed by atoms with van der Waals surface area (Å²) < 4.78 is 8.69. The number of anilines is 1. The number of methoxy groups -OCH3 is 1. The lowest BCUT2D eigenvalue weighted by Gasteiger charge is -2.51. The maximum absolute atomic E-state index is 6.12. The third kappa shape index (κ3) is 1.79. The number of nitrogen functional groups attached to an aromatic ring is 1. The SMILES string of the molecule is COC1CC(n2c(N)nc3cc(Br)ccc32)C1(C)C. The number of hydrogen-bond donors (Lipinski definition) is 1. The van der Waals surface area contributed by atoms with E-state index in [0.717, 1.165) is 21.9 Å². The fourth-order valence-corrected chi connectivity index (χ4v) is 3.47. The Bertz CT molecular complexity index is 635. The molecule has 1 fully saturated rings. The first-order chi connectivity index (χ1) is 8.95. The number of aromatic nitrogens is 2. The van der Waals surface area contributed by atoms with Crippen LogP contribution in [0.5, 0.6) is 0 Å². The van der Waals surface area contributed by atoms with Crippen LogP contribution in [0, 0.1) is 5.41 Å². The average molecular weight is 324 g/mol. The van der Waals surface area contributed by atoms with Gasteiger partial charge in [0.25, 0.3) is 0 Å². The van der Waals surface area contributed by atoms with Crippen LogP contribution < -0.4 is 5.73 Å². The number of imidazole rings is 1. The second-order valence-electron chi connectivity index (χ2n) is 5.77. The standard InChI is InChI=1S/C14H18BrN3O/c1-14(2)11(7-12(14)19-3)18-10-5-4-8(15)6-9(10)17-13(18)16/h4-6,11-12H,7H2,1-3H3,(H2,16,17). The van der Waals surface area contributed by atoms with Crippen LogP contribution in [-0.2, 0) is 4.74 Å². The monoisotopic (exact) mass is 323 g/mol. The summed E-state index contributed by atoms with van der Waals surface area (Å²) in [4.78, 5) is 4.46. The van der Waals surface area contributed by atoms with Crippen LogP contribution in [-0.4, -0.2) is 22.8 Å². The molecule has 1 heterocycles. The fraction of sp³-hybridized carbons (Fsp3) is 0.500. The number of ether oxygens (including phenoxy) is 1. The summed E-state index contributed by atoms with van der Waals surface area (Å²) in [6.07, 6.45) is 1.26. The normalized spacial score (nSPS) is 25.5. The first-order valence-corrected chi connectivity index (χ1v) is 7.20. The van der Waals surface area contributed by atoms with Crippen molar-refractivity contribution in [2.24, 2.45) is 5.41 Å². The lowest BCUT2D eigenvalue weighted by atomic mass is 9.64. The molecule has 2 unspecified atom stereocenters. The van der Waals surface area contributed by atoms with Gasteiger partial charge in [0.1, 0.15) is 0 Å². The molecule has 19 heavy (non-hydrogen) atoms. The van der Waals surface area contributed by atoms with Gasteiger partial charge in [-0.1, -0.05) is 29.8 Å². The highest BCUT2D eigenvalue weighted by Gasteiger charge is 2.50. The summed E-state index contributed by atoms with van der Waals surface area (Å²) in [5, 5.41) is 0. The number of hydrogen-bond acceptors (Lipinski definition) is 3. The minimum absolute atomic E-state index is 0.0730. The Balaban J connectivity index is 2.09. The van der Waals surface area contributed by atoms with E-state index in [4.69, 9.17) is 10.5 Å². The number of fused-ring (bicyclic) bond motifs is 1. The van der Waals surface area contributed by atoms with Crippen molar-refractivity contribution in [1.29, 1.82) is 0 Å². The van der Waals surface area contributed by atoms with Gasteiger partial charge < -0.3 is 15.0 Å². The molecule has 0 aliphatic heterocycles. The highest BCUT2D eigenvalue weighted by molar-refractivity contribution is 9.10.